The van der Waals surface area contributed by atoms with Crippen LogP contribution in [0.5, 0.6) is 5.75 Å². The van der Waals surface area contributed by atoms with Crippen molar-refractivity contribution < 1.29 is 19.1 Å². The highest BCUT2D eigenvalue weighted by Gasteiger charge is 2.16. The highest BCUT2D eigenvalue weighted by molar-refractivity contribution is 6.42. The second-order valence-corrected chi connectivity index (χ2v) is 4.28. The molecule has 0 aliphatic rings. The van der Waals surface area contributed by atoms with Crippen LogP contribution in [0.1, 0.15) is 23.2 Å². The molecule has 0 saturated carbocycles. The molecule has 0 fully saturated rings. The van der Waals surface area contributed by atoms with Gasteiger partial charge in [0.15, 0.2) is 5.78 Å². The molecule has 98 valence electrons. The van der Waals surface area contributed by atoms with Gasteiger partial charge in [0.1, 0.15) is 5.75 Å². The van der Waals surface area contributed by atoms with E-state index in [1.807, 2.05) is 0 Å². The molecule has 0 N–H and O–H groups in total. The Balaban J connectivity index is 2.91. The number of hydrogen-bond acceptors (Lipinski definition) is 4. The Hall–Kier alpha value is -1.26. The van der Waals surface area contributed by atoms with Crippen molar-refractivity contribution in [2.45, 2.75) is 12.8 Å². The van der Waals surface area contributed by atoms with Crippen LogP contribution in [0, 0.1) is 0 Å². The summed E-state index contributed by atoms with van der Waals surface area (Å²) in [6.07, 6.45) is 0.0414. The van der Waals surface area contributed by atoms with E-state index in [-0.39, 0.29) is 23.6 Å². The Bertz CT molecular complexity index is 471. The fraction of sp³-hybridized carbons (Fsp3) is 0.333. The number of ketones is 1. The maximum atomic E-state index is 11.9. The van der Waals surface area contributed by atoms with E-state index in [0.717, 1.165) is 0 Å². The standard InChI is InChI=1S/C12H12Cl2O4/c1-17-11-6-9(14)8(13)5-7(11)10(15)3-4-12(16)18-2/h5-6H,3-4H2,1-2H3. The van der Waals surface area contributed by atoms with E-state index < -0.39 is 5.97 Å². The van der Waals surface area contributed by atoms with Crippen LogP contribution >= 0.6 is 23.2 Å². The number of rotatable bonds is 5. The Morgan fingerprint density at radius 3 is 2.28 bits per heavy atom. The lowest BCUT2D eigenvalue weighted by atomic mass is 10.1. The van der Waals surface area contributed by atoms with Crippen molar-refractivity contribution in [1.29, 1.82) is 0 Å². The molecule has 0 spiro atoms. The number of carbonyl (C=O) groups is 2. The Kier molecular flexibility index (Phi) is 5.44. The molecule has 6 heteroatoms. The molecule has 0 bridgehead atoms. The van der Waals surface area contributed by atoms with E-state index in [1.54, 1.807) is 0 Å². The molecule has 4 nitrogen and oxygen atoms in total. The second kappa shape index (κ2) is 6.61. The normalized spacial score (nSPS) is 10.0. The predicted octanol–water partition coefficient (Wildman–Crippen LogP) is 3.14. The minimum Gasteiger partial charge on any atom is -0.496 e. The van der Waals surface area contributed by atoms with Crippen molar-refractivity contribution >= 4 is 35.0 Å². The molecular formula is C12H12Cl2O4. The summed E-state index contributed by atoms with van der Waals surface area (Å²) in [5.74, 6) is -0.363. The smallest absolute Gasteiger partial charge is 0.305 e. The summed E-state index contributed by atoms with van der Waals surface area (Å²) in [4.78, 5) is 22.9. The molecule has 0 heterocycles. The average molecular weight is 291 g/mol. The molecule has 0 unspecified atom stereocenters. The average Bonchev–Trinajstić information content (AvgIpc) is 2.37. The molecule has 1 aromatic carbocycles. The topological polar surface area (TPSA) is 52.6 Å². The maximum Gasteiger partial charge on any atom is 0.305 e. The van der Waals surface area contributed by atoms with Crippen molar-refractivity contribution in [3.05, 3.63) is 27.7 Å². The summed E-state index contributed by atoms with van der Waals surface area (Å²) in [6, 6.07) is 2.90. The zero-order valence-electron chi connectivity index (χ0n) is 9.96. The molecule has 1 aromatic rings. The summed E-state index contributed by atoms with van der Waals surface area (Å²) >= 11 is 11.7. The lowest BCUT2D eigenvalue weighted by Crippen LogP contribution is -2.07. The largest absolute Gasteiger partial charge is 0.496 e. The first-order chi connectivity index (χ1) is 8.49. The summed E-state index contributed by atoms with van der Waals surface area (Å²) in [5, 5.41) is 0.567. The van der Waals surface area contributed by atoms with Crippen LogP contribution in [0.25, 0.3) is 0 Å². The van der Waals surface area contributed by atoms with Gasteiger partial charge in [-0.15, -0.1) is 0 Å². The molecule has 18 heavy (non-hydrogen) atoms. The van der Waals surface area contributed by atoms with Crippen LogP contribution in [0.4, 0.5) is 0 Å². The first-order valence-electron chi connectivity index (χ1n) is 5.12. The van der Waals surface area contributed by atoms with Crippen LogP contribution in [-0.2, 0) is 9.53 Å². The Morgan fingerprint density at radius 1 is 1.11 bits per heavy atom. The second-order valence-electron chi connectivity index (χ2n) is 3.47. The van der Waals surface area contributed by atoms with Gasteiger partial charge in [0, 0.05) is 12.5 Å². The number of Topliss-reactive ketones (excluding diaryl/α,β-unsaturated/α-hetero) is 1. The van der Waals surface area contributed by atoms with Crippen molar-refractivity contribution in [2.75, 3.05) is 14.2 Å². The number of hydrogen-bond donors (Lipinski definition) is 0. The zero-order valence-corrected chi connectivity index (χ0v) is 11.5. The minimum absolute atomic E-state index is 0.0126. The van der Waals surface area contributed by atoms with Gasteiger partial charge in [-0.3, -0.25) is 9.59 Å². The first-order valence-corrected chi connectivity index (χ1v) is 5.88. The van der Waals surface area contributed by atoms with E-state index in [0.29, 0.717) is 16.3 Å². The third-order valence-corrected chi connectivity index (χ3v) is 3.05. The lowest BCUT2D eigenvalue weighted by Gasteiger charge is -2.09. The molecular weight excluding hydrogens is 279 g/mol. The predicted molar refractivity (Wildman–Crippen MR) is 68.6 cm³/mol. The molecule has 0 atom stereocenters. The third-order valence-electron chi connectivity index (χ3n) is 2.33. The van der Waals surface area contributed by atoms with E-state index >= 15 is 0 Å². The van der Waals surface area contributed by atoms with Crippen molar-refractivity contribution in [2.24, 2.45) is 0 Å². The van der Waals surface area contributed by atoms with Gasteiger partial charge in [-0.1, -0.05) is 23.2 Å². The molecule has 0 aliphatic carbocycles. The summed E-state index contributed by atoms with van der Waals surface area (Å²) in [6.45, 7) is 0. The van der Waals surface area contributed by atoms with Gasteiger partial charge in [-0.25, -0.2) is 0 Å². The van der Waals surface area contributed by atoms with Gasteiger partial charge in [0.05, 0.1) is 36.2 Å². The number of methoxy groups -OCH3 is 2. The number of esters is 1. The van der Waals surface area contributed by atoms with E-state index in [9.17, 15) is 9.59 Å². The SMILES string of the molecule is COC(=O)CCC(=O)c1cc(Cl)c(Cl)cc1OC. The van der Waals surface area contributed by atoms with Crippen LogP contribution in [0.15, 0.2) is 12.1 Å². The van der Waals surface area contributed by atoms with Crippen LogP contribution in [0.2, 0.25) is 10.0 Å². The maximum absolute atomic E-state index is 11.9. The number of ether oxygens (including phenoxy) is 2. The van der Waals surface area contributed by atoms with Gasteiger partial charge < -0.3 is 9.47 Å². The first kappa shape index (κ1) is 14.8. The highest BCUT2D eigenvalue weighted by atomic mass is 35.5. The van der Waals surface area contributed by atoms with Crippen molar-refractivity contribution in [3.8, 4) is 5.75 Å². The van der Waals surface area contributed by atoms with Crippen molar-refractivity contribution in [3.63, 3.8) is 0 Å². The minimum atomic E-state index is -0.442. The quantitative estimate of drug-likeness (QED) is 0.617. The van der Waals surface area contributed by atoms with E-state index in [4.69, 9.17) is 27.9 Å². The zero-order chi connectivity index (χ0) is 13.7. The van der Waals surface area contributed by atoms with Gasteiger partial charge in [-0.05, 0) is 6.07 Å². The lowest BCUT2D eigenvalue weighted by molar-refractivity contribution is -0.140. The molecule has 1 rings (SSSR count). The summed E-state index contributed by atoms with van der Waals surface area (Å²) in [7, 11) is 2.70. The van der Waals surface area contributed by atoms with Crippen LogP contribution in [-0.4, -0.2) is 26.0 Å². The van der Waals surface area contributed by atoms with E-state index in [1.165, 1.54) is 26.4 Å². The summed E-state index contributed by atoms with van der Waals surface area (Å²) in [5.41, 5.74) is 0.302. The number of benzene rings is 1. The van der Waals surface area contributed by atoms with Gasteiger partial charge in [0.2, 0.25) is 0 Å². The van der Waals surface area contributed by atoms with E-state index in [2.05, 4.69) is 4.74 Å². The monoisotopic (exact) mass is 290 g/mol. The van der Waals surface area contributed by atoms with Crippen LogP contribution in [0.3, 0.4) is 0 Å². The molecule has 0 saturated heterocycles. The Morgan fingerprint density at radius 2 is 1.72 bits per heavy atom. The highest BCUT2D eigenvalue weighted by Crippen LogP contribution is 2.31. The number of halogens is 2. The van der Waals surface area contributed by atoms with Gasteiger partial charge in [-0.2, -0.15) is 0 Å². The van der Waals surface area contributed by atoms with Gasteiger partial charge in [0.25, 0.3) is 0 Å². The fourth-order valence-corrected chi connectivity index (χ4v) is 1.69. The van der Waals surface area contributed by atoms with Crippen molar-refractivity contribution in [1.82, 2.24) is 0 Å². The molecule has 0 aromatic heterocycles. The summed E-state index contributed by atoms with van der Waals surface area (Å²) < 4.78 is 9.52. The fourth-order valence-electron chi connectivity index (χ4n) is 1.37. The third kappa shape index (κ3) is 3.62. The van der Waals surface area contributed by atoms with Gasteiger partial charge >= 0.3 is 5.97 Å². The van der Waals surface area contributed by atoms with Crippen LogP contribution < -0.4 is 4.74 Å². The molecule has 0 aliphatic heterocycles. The molecule has 0 amide bonds. The molecule has 0 radical (unpaired) electrons. The number of carbonyl (C=O) groups excluding carboxylic acids is 2. The Labute approximate surface area is 115 Å².